The van der Waals surface area contributed by atoms with Gasteiger partial charge >= 0.3 is 0 Å². The standard InChI is InChI=1S/C22H31N3O4/c1-16-5-6-18(20(27)23(16)2)21(28)24-11-9-22(10-12-24)8-7-19(26)25(15-22)14-17-4-3-13-29-17/h5-6,17H,3-4,7-15H2,1-2H3/t17-/m0/s1. The number of ether oxygens (including phenoxy) is 1. The summed E-state index contributed by atoms with van der Waals surface area (Å²) in [7, 11) is 1.70. The molecule has 0 aliphatic carbocycles. The number of hydrogen-bond donors (Lipinski definition) is 0. The molecule has 0 bridgehead atoms. The van der Waals surface area contributed by atoms with E-state index >= 15 is 0 Å². The summed E-state index contributed by atoms with van der Waals surface area (Å²) < 4.78 is 7.25. The number of amides is 2. The highest BCUT2D eigenvalue weighted by atomic mass is 16.5. The van der Waals surface area contributed by atoms with Gasteiger partial charge in [-0.2, -0.15) is 0 Å². The van der Waals surface area contributed by atoms with Crippen LogP contribution in [0.25, 0.3) is 0 Å². The Hall–Kier alpha value is -2.15. The van der Waals surface area contributed by atoms with Crippen LogP contribution in [0.1, 0.15) is 54.6 Å². The van der Waals surface area contributed by atoms with Gasteiger partial charge in [0, 0.05) is 51.9 Å². The van der Waals surface area contributed by atoms with Crippen molar-refractivity contribution in [2.75, 3.05) is 32.8 Å². The van der Waals surface area contributed by atoms with E-state index in [4.69, 9.17) is 4.74 Å². The number of rotatable bonds is 3. The smallest absolute Gasteiger partial charge is 0.263 e. The van der Waals surface area contributed by atoms with Crippen LogP contribution in [0.3, 0.4) is 0 Å². The lowest BCUT2D eigenvalue weighted by atomic mass is 9.72. The molecule has 4 heterocycles. The molecule has 2 amide bonds. The molecule has 7 nitrogen and oxygen atoms in total. The molecule has 3 saturated heterocycles. The number of piperidine rings is 2. The van der Waals surface area contributed by atoms with E-state index in [1.807, 2.05) is 17.9 Å². The van der Waals surface area contributed by atoms with Gasteiger partial charge in [-0.15, -0.1) is 0 Å². The average molecular weight is 402 g/mol. The molecule has 1 aromatic heterocycles. The molecule has 0 unspecified atom stereocenters. The second-order valence-corrected chi connectivity index (χ2v) is 8.95. The van der Waals surface area contributed by atoms with E-state index in [0.29, 0.717) is 26.1 Å². The molecule has 0 radical (unpaired) electrons. The van der Waals surface area contributed by atoms with Gasteiger partial charge in [0.25, 0.3) is 11.5 Å². The van der Waals surface area contributed by atoms with Crippen molar-refractivity contribution >= 4 is 11.8 Å². The van der Waals surface area contributed by atoms with Crippen molar-refractivity contribution in [1.29, 1.82) is 0 Å². The first-order valence-corrected chi connectivity index (χ1v) is 10.7. The van der Waals surface area contributed by atoms with Crippen LogP contribution in [-0.2, 0) is 16.6 Å². The van der Waals surface area contributed by atoms with Crippen LogP contribution in [0, 0.1) is 12.3 Å². The zero-order valence-electron chi connectivity index (χ0n) is 17.5. The third-order valence-electron chi connectivity index (χ3n) is 7.09. The fourth-order valence-corrected chi connectivity index (χ4v) is 4.96. The van der Waals surface area contributed by atoms with Gasteiger partial charge in [-0.25, -0.2) is 0 Å². The first-order chi connectivity index (χ1) is 13.9. The maximum Gasteiger partial charge on any atom is 0.263 e. The Morgan fingerprint density at radius 2 is 1.97 bits per heavy atom. The van der Waals surface area contributed by atoms with Crippen LogP contribution >= 0.6 is 0 Å². The topological polar surface area (TPSA) is 71.9 Å². The Morgan fingerprint density at radius 3 is 2.66 bits per heavy atom. The number of aromatic nitrogens is 1. The summed E-state index contributed by atoms with van der Waals surface area (Å²) >= 11 is 0. The zero-order valence-corrected chi connectivity index (χ0v) is 17.5. The fraction of sp³-hybridized carbons (Fsp3) is 0.682. The van der Waals surface area contributed by atoms with Crippen LogP contribution in [0.15, 0.2) is 16.9 Å². The van der Waals surface area contributed by atoms with Crippen LogP contribution < -0.4 is 5.56 Å². The number of nitrogens with zero attached hydrogens (tertiary/aromatic N) is 3. The van der Waals surface area contributed by atoms with Gasteiger partial charge in [0.15, 0.2) is 0 Å². The molecule has 3 aliphatic rings. The predicted octanol–water partition coefficient (Wildman–Crippen LogP) is 1.72. The third-order valence-corrected chi connectivity index (χ3v) is 7.09. The highest BCUT2D eigenvalue weighted by molar-refractivity contribution is 5.94. The summed E-state index contributed by atoms with van der Waals surface area (Å²) in [5.74, 6) is 0.0522. The van der Waals surface area contributed by atoms with Crippen LogP contribution in [0.5, 0.6) is 0 Å². The molecule has 158 valence electrons. The Bertz CT molecular complexity index is 848. The summed E-state index contributed by atoms with van der Waals surface area (Å²) in [6.07, 6.45) is 5.51. The largest absolute Gasteiger partial charge is 0.376 e. The molecule has 0 N–H and O–H groups in total. The number of carbonyl (C=O) groups is 2. The van der Waals surface area contributed by atoms with Gasteiger partial charge in [0.05, 0.1) is 6.10 Å². The molecule has 1 atom stereocenters. The van der Waals surface area contributed by atoms with Gasteiger partial charge in [0.2, 0.25) is 5.91 Å². The quantitative estimate of drug-likeness (QED) is 0.773. The second kappa shape index (κ2) is 7.94. The zero-order chi connectivity index (χ0) is 20.6. The van der Waals surface area contributed by atoms with Crippen LogP contribution in [0.2, 0.25) is 0 Å². The number of carbonyl (C=O) groups excluding carboxylic acids is 2. The third kappa shape index (κ3) is 3.97. The van der Waals surface area contributed by atoms with Crippen molar-refractivity contribution in [2.45, 2.75) is 51.6 Å². The maximum absolute atomic E-state index is 12.9. The van der Waals surface area contributed by atoms with Crippen molar-refractivity contribution < 1.29 is 14.3 Å². The van der Waals surface area contributed by atoms with Gasteiger partial charge in [-0.05, 0) is 56.6 Å². The highest BCUT2D eigenvalue weighted by Crippen LogP contribution is 2.40. The monoisotopic (exact) mass is 401 g/mol. The molecular formula is C22H31N3O4. The number of pyridine rings is 1. The van der Waals surface area contributed by atoms with E-state index in [9.17, 15) is 14.4 Å². The lowest BCUT2D eigenvalue weighted by molar-refractivity contribution is -0.141. The van der Waals surface area contributed by atoms with Crippen LogP contribution in [-0.4, -0.2) is 65.1 Å². The van der Waals surface area contributed by atoms with Gasteiger partial charge in [-0.3, -0.25) is 14.4 Å². The van der Waals surface area contributed by atoms with Crippen molar-refractivity contribution in [3.63, 3.8) is 0 Å². The number of hydrogen-bond acceptors (Lipinski definition) is 4. The first-order valence-electron chi connectivity index (χ1n) is 10.7. The molecule has 29 heavy (non-hydrogen) atoms. The van der Waals surface area contributed by atoms with Crippen molar-refractivity contribution in [2.24, 2.45) is 12.5 Å². The summed E-state index contributed by atoms with van der Waals surface area (Å²) in [6, 6.07) is 3.46. The summed E-state index contributed by atoms with van der Waals surface area (Å²) in [4.78, 5) is 41.6. The molecule has 1 spiro atoms. The highest BCUT2D eigenvalue weighted by Gasteiger charge is 2.42. The number of aryl methyl sites for hydroxylation is 1. The molecule has 3 aliphatic heterocycles. The Kier molecular flexibility index (Phi) is 5.51. The van der Waals surface area contributed by atoms with Gasteiger partial charge in [-0.1, -0.05) is 0 Å². The second-order valence-electron chi connectivity index (χ2n) is 8.95. The van der Waals surface area contributed by atoms with E-state index < -0.39 is 0 Å². The summed E-state index contributed by atoms with van der Waals surface area (Å²) in [5, 5.41) is 0. The van der Waals surface area contributed by atoms with Crippen molar-refractivity contribution in [1.82, 2.24) is 14.4 Å². The average Bonchev–Trinajstić information content (AvgIpc) is 3.23. The van der Waals surface area contributed by atoms with E-state index in [0.717, 1.165) is 50.9 Å². The predicted molar refractivity (Wildman–Crippen MR) is 109 cm³/mol. The molecule has 4 rings (SSSR count). The molecule has 3 fully saturated rings. The van der Waals surface area contributed by atoms with Gasteiger partial charge in [0.1, 0.15) is 5.56 Å². The minimum absolute atomic E-state index is 0.0849. The van der Waals surface area contributed by atoms with Gasteiger partial charge < -0.3 is 19.1 Å². The minimum atomic E-state index is -0.235. The van der Waals surface area contributed by atoms with Crippen molar-refractivity contribution in [3.8, 4) is 0 Å². The Labute approximate surface area is 171 Å². The van der Waals surface area contributed by atoms with E-state index in [-0.39, 0.29) is 34.5 Å². The summed E-state index contributed by atoms with van der Waals surface area (Å²) in [5.41, 5.74) is 0.929. The van der Waals surface area contributed by atoms with E-state index in [2.05, 4.69) is 0 Å². The summed E-state index contributed by atoms with van der Waals surface area (Å²) in [6.45, 7) is 5.39. The van der Waals surface area contributed by atoms with E-state index in [1.54, 1.807) is 18.0 Å². The molecule has 7 heteroatoms. The Balaban J connectivity index is 1.40. The van der Waals surface area contributed by atoms with Crippen molar-refractivity contribution in [3.05, 3.63) is 33.7 Å². The molecule has 1 aromatic rings. The maximum atomic E-state index is 12.9. The first kappa shape index (κ1) is 20.1. The molecular weight excluding hydrogens is 370 g/mol. The fourth-order valence-electron chi connectivity index (χ4n) is 4.96. The SMILES string of the molecule is Cc1ccc(C(=O)N2CCC3(CCC(=O)N(C[C@@H]4CCCO4)C3)CC2)c(=O)n1C. The Morgan fingerprint density at radius 1 is 1.21 bits per heavy atom. The molecule has 0 aromatic carbocycles. The van der Waals surface area contributed by atoms with Crippen LogP contribution in [0.4, 0.5) is 0 Å². The molecule has 0 saturated carbocycles. The number of likely N-dealkylation sites (tertiary alicyclic amines) is 2. The minimum Gasteiger partial charge on any atom is -0.376 e. The lowest BCUT2D eigenvalue weighted by Crippen LogP contribution is -2.54. The lowest BCUT2D eigenvalue weighted by Gasteiger charge is -2.47. The van der Waals surface area contributed by atoms with E-state index in [1.165, 1.54) is 4.57 Å². The normalized spacial score (nSPS) is 24.3.